The summed E-state index contributed by atoms with van der Waals surface area (Å²) in [6, 6.07) is 16.0. The Balaban J connectivity index is 2.07. The molecule has 0 spiro atoms. The molecule has 0 N–H and O–H groups in total. The summed E-state index contributed by atoms with van der Waals surface area (Å²) >= 11 is 2.67. The van der Waals surface area contributed by atoms with Gasteiger partial charge in [0.2, 0.25) is 0 Å². The summed E-state index contributed by atoms with van der Waals surface area (Å²) in [5, 5.41) is 0. The molecule has 0 heterocycles. The third kappa shape index (κ3) is 3.18. The first-order valence-electron chi connectivity index (χ1n) is 8.33. The number of allylic oxidation sites excluding steroid dienone is 1. The van der Waals surface area contributed by atoms with E-state index in [1.165, 1.54) is 32.3 Å². The predicted octanol–water partition coefficient (Wildman–Crippen LogP) is 4.62. The van der Waals surface area contributed by atoms with E-state index >= 15 is 0 Å². The van der Waals surface area contributed by atoms with Gasteiger partial charge in [-0.2, -0.15) is 0 Å². The van der Waals surface area contributed by atoms with Crippen LogP contribution in [-0.2, 0) is 10.8 Å². The summed E-state index contributed by atoms with van der Waals surface area (Å²) in [5.74, 6) is 0. The van der Waals surface area contributed by atoms with E-state index in [9.17, 15) is 0 Å². The summed E-state index contributed by atoms with van der Waals surface area (Å²) in [5.41, 5.74) is 7.36. The molecule has 0 radical (unpaired) electrons. The molecule has 1 heteroatoms. The zero-order valence-electron chi connectivity index (χ0n) is 14.8. The van der Waals surface area contributed by atoms with Crippen LogP contribution in [0.15, 0.2) is 48.5 Å². The SMILES string of the molecule is CC(C)(C)c1ccc(C2=CCC(C)(C)c3cc([SeH])ccc32)cc1. The van der Waals surface area contributed by atoms with Gasteiger partial charge in [-0.3, -0.25) is 0 Å². The van der Waals surface area contributed by atoms with Crippen LogP contribution < -0.4 is 4.46 Å². The van der Waals surface area contributed by atoms with E-state index in [0.717, 1.165) is 6.42 Å². The number of fused-ring (bicyclic) bond motifs is 1. The average molecular weight is 369 g/mol. The Bertz CT molecular complexity index is 756. The summed E-state index contributed by atoms with van der Waals surface area (Å²) in [6.45, 7) is 11.5. The van der Waals surface area contributed by atoms with Crippen LogP contribution in [0.1, 0.15) is 63.3 Å². The van der Waals surface area contributed by atoms with Crippen molar-refractivity contribution in [2.24, 2.45) is 0 Å². The predicted molar refractivity (Wildman–Crippen MR) is 103 cm³/mol. The van der Waals surface area contributed by atoms with Crippen molar-refractivity contribution in [1.29, 1.82) is 0 Å². The molecular formula is C22H26Se. The third-order valence-electron chi connectivity index (χ3n) is 4.90. The van der Waals surface area contributed by atoms with E-state index < -0.39 is 0 Å². The van der Waals surface area contributed by atoms with Crippen molar-refractivity contribution in [1.82, 2.24) is 0 Å². The topological polar surface area (TPSA) is 0 Å². The van der Waals surface area contributed by atoms with Gasteiger partial charge in [-0.25, -0.2) is 0 Å². The maximum atomic E-state index is 2.67. The Morgan fingerprint density at radius 3 is 2.22 bits per heavy atom. The van der Waals surface area contributed by atoms with Gasteiger partial charge in [0.1, 0.15) is 0 Å². The fourth-order valence-electron chi connectivity index (χ4n) is 3.33. The van der Waals surface area contributed by atoms with Crippen molar-refractivity contribution in [3.63, 3.8) is 0 Å². The molecule has 0 amide bonds. The molecule has 0 bridgehead atoms. The fraction of sp³-hybridized carbons (Fsp3) is 0.364. The van der Waals surface area contributed by atoms with Gasteiger partial charge in [-0.15, -0.1) is 0 Å². The molecule has 0 aliphatic heterocycles. The standard InChI is InChI=1S/C22H26Se/c1-21(2,3)16-8-6-15(7-9-16)18-12-13-22(4,5)20-14-17(23)10-11-19(18)20/h6-12,14,23H,13H2,1-5H3. The first-order chi connectivity index (χ1) is 10.7. The summed E-state index contributed by atoms with van der Waals surface area (Å²) in [6.07, 6.45) is 3.51. The van der Waals surface area contributed by atoms with Gasteiger partial charge >= 0.3 is 149 Å². The molecule has 1 aliphatic rings. The van der Waals surface area contributed by atoms with Crippen LogP contribution in [0.4, 0.5) is 0 Å². The minimum absolute atomic E-state index is 0.203. The van der Waals surface area contributed by atoms with Gasteiger partial charge in [-0.1, -0.05) is 0 Å². The molecule has 2 aromatic carbocycles. The summed E-state index contributed by atoms with van der Waals surface area (Å²) < 4.78 is 1.29. The van der Waals surface area contributed by atoms with Gasteiger partial charge in [0, 0.05) is 0 Å². The van der Waals surface area contributed by atoms with E-state index in [1.54, 1.807) is 0 Å². The van der Waals surface area contributed by atoms with Crippen molar-refractivity contribution in [3.05, 3.63) is 70.8 Å². The van der Waals surface area contributed by atoms with E-state index in [2.05, 4.69) is 99.2 Å². The van der Waals surface area contributed by atoms with Crippen LogP contribution in [0, 0.1) is 0 Å². The van der Waals surface area contributed by atoms with Crippen LogP contribution in [0.25, 0.3) is 5.57 Å². The minimum atomic E-state index is 0.203. The molecule has 0 saturated carbocycles. The third-order valence-corrected chi connectivity index (χ3v) is 5.48. The molecule has 2 aromatic rings. The molecule has 0 nitrogen and oxygen atoms in total. The monoisotopic (exact) mass is 370 g/mol. The molecule has 3 rings (SSSR count). The molecule has 0 aromatic heterocycles. The maximum absolute atomic E-state index is 2.67. The Morgan fingerprint density at radius 2 is 1.61 bits per heavy atom. The van der Waals surface area contributed by atoms with E-state index in [4.69, 9.17) is 0 Å². The first kappa shape index (κ1) is 16.6. The van der Waals surface area contributed by atoms with Crippen molar-refractivity contribution in [2.75, 3.05) is 0 Å². The molecule has 0 fully saturated rings. The Kier molecular flexibility index (Phi) is 4.07. The van der Waals surface area contributed by atoms with Crippen molar-refractivity contribution >= 4 is 26.0 Å². The van der Waals surface area contributed by atoms with Gasteiger partial charge in [0.25, 0.3) is 0 Å². The van der Waals surface area contributed by atoms with Crippen LogP contribution in [-0.4, -0.2) is 16.0 Å². The summed E-state index contributed by atoms with van der Waals surface area (Å²) in [4.78, 5) is 0. The van der Waals surface area contributed by atoms with E-state index in [0.29, 0.717) is 0 Å². The molecule has 120 valence electrons. The van der Waals surface area contributed by atoms with Crippen LogP contribution >= 0.6 is 0 Å². The zero-order chi connectivity index (χ0) is 16.8. The molecular weight excluding hydrogens is 343 g/mol. The van der Waals surface area contributed by atoms with Crippen molar-refractivity contribution in [3.8, 4) is 0 Å². The van der Waals surface area contributed by atoms with E-state index in [-0.39, 0.29) is 10.8 Å². The fourth-order valence-corrected chi connectivity index (χ4v) is 3.75. The number of rotatable bonds is 1. The normalized spacial score (nSPS) is 16.7. The number of benzene rings is 2. The number of hydrogen-bond acceptors (Lipinski definition) is 0. The van der Waals surface area contributed by atoms with Gasteiger partial charge in [0.15, 0.2) is 0 Å². The van der Waals surface area contributed by atoms with Crippen molar-refractivity contribution < 1.29 is 0 Å². The molecule has 23 heavy (non-hydrogen) atoms. The second-order valence-corrected chi connectivity index (χ2v) is 9.35. The molecule has 0 unspecified atom stereocenters. The van der Waals surface area contributed by atoms with Gasteiger partial charge < -0.3 is 0 Å². The molecule has 0 saturated heterocycles. The summed E-state index contributed by atoms with van der Waals surface area (Å²) in [7, 11) is 0. The second kappa shape index (κ2) is 5.65. The Labute approximate surface area is 148 Å². The van der Waals surface area contributed by atoms with Crippen LogP contribution in [0.5, 0.6) is 0 Å². The van der Waals surface area contributed by atoms with Gasteiger partial charge in [-0.05, 0) is 0 Å². The van der Waals surface area contributed by atoms with Crippen molar-refractivity contribution in [2.45, 2.75) is 51.9 Å². The quantitative estimate of drug-likeness (QED) is 0.644. The van der Waals surface area contributed by atoms with Gasteiger partial charge in [0.05, 0.1) is 0 Å². The van der Waals surface area contributed by atoms with E-state index in [1.807, 2.05) is 0 Å². The molecule has 0 atom stereocenters. The second-order valence-electron chi connectivity index (χ2n) is 8.26. The first-order valence-corrected chi connectivity index (χ1v) is 9.27. The van der Waals surface area contributed by atoms with Crippen LogP contribution in [0.2, 0.25) is 0 Å². The number of hydrogen-bond donors (Lipinski definition) is 0. The average Bonchev–Trinajstić information content (AvgIpc) is 2.47. The van der Waals surface area contributed by atoms with Crippen LogP contribution in [0.3, 0.4) is 0 Å². The molecule has 1 aliphatic carbocycles. The zero-order valence-corrected chi connectivity index (χ0v) is 16.6. The Hall–Kier alpha value is -1.30. The Morgan fingerprint density at radius 1 is 0.957 bits per heavy atom.